The quantitative estimate of drug-likeness (QED) is 0.792. The second-order valence-electron chi connectivity index (χ2n) is 8.65. The molecule has 1 aromatic rings. The van der Waals surface area contributed by atoms with E-state index in [0.717, 1.165) is 5.56 Å². The van der Waals surface area contributed by atoms with Crippen LogP contribution < -0.4 is 5.90 Å². The van der Waals surface area contributed by atoms with Crippen molar-refractivity contribution >= 4 is 12.2 Å². The van der Waals surface area contributed by atoms with Crippen molar-refractivity contribution in [1.29, 1.82) is 0 Å². The van der Waals surface area contributed by atoms with Crippen LogP contribution in [0.15, 0.2) is 30.3 Å². The number of hydrogen-bond donors (Lipinski definition) is 1. The Kier molecular flexibility index (Phi) is 5.81. The summed E-state index contributed by atoms with van der Waals surface area (Å²) in [5, 5.41) is 0. The Balaban J connectivity index is 1.57. The molecular weight excluding hydrogens is 362 g/mol. The molecule has 1 aromatic carbocycles. The first-order valence-corrected chi connectivity index (χ1v) is 9.48. The molecule has 8 nitrogen and oxygen atoms in total. The number of nitrogens with zero attached hydrogens (tertiary/aromatic N) is 2. The summed E-state index contributed by atoms with van der Waals surface area (Å²) in [6, 6.07) is 9.55. The lowest BCUT2D eigenvalue weighted by molar-refractivity contribution is -0.0599. The molecule has 2 aliphatic heterocycles. The molecule has 0 radical (unpaired) electrons. The molecule has 2 saturated heterocycles. The Morgan fingerprint density at radius 2 is 1.75 bits per heavy atom. The average molecular weight is 391 g/mol. The molecule has 1 unspecified atom stereocenters. The van der Waals surface area contributed by atoms with Gasteiger partial charge in [0.25, 0.3) is 0 Å². The summed E-state index contributed by atoms with van der Waals surface area (Å²) in [6.45, 7) is 8.09. The molecule has 0 bridgehead atoms. The van der Waals surface area contributed by atoms with Crippen LogP contribution in [-0.2, 0) is 20.9 Å². The van der Waals surface area contributed by atoms with E-state index in [1.807, 2.05) is 51.1 Å². The molecule has 28 heavy (non-hydrogen) atoms. The number of carbonyl (C=O) groups is 2. The number of ether oxygens (including phenoxy) is 2. The zero-order valence-electron chi connectivity index (χ0n) is 16.7. The summed E-state index contributed by atoms with van der Waals surface area (Å²) in [7, 11) is 0. The summed E-state index contributed by atoms with van der Waals surface area (Å²) < 4.78 is 10.9. The van der Waals surface area contributed by atoms with Crippen LogP contribution in [0.1, 0.15) is 26.3 Å². The number of nitrogens with two attached hydrogens (primary N) is 1. The van der Waals surface area contributed by atoms with Crippen molar-refractivity contribution in [3.05, 3.63) is 35.9 Å². The maximum absolute atomic E-state index is 12.5. The Morgan fingerprint density at radius 3 is 2.36 bits per heavy atom. The van der Waals surface area contributed by atoms with Gasteiger partial charge in [0.2, 0.25) is 0 Å². The summed E-state index contributed by atoms with van der Waals surface area (Å²) in [4.78, 5) is 33.0. The SMILES string of the molecule is CC(C)(C)OC(=O)N1CC2(CN(C(=O)OCc3ccccc3)CC2CON)C1. The lowest BCUT2D eigenvalue weighted by Gasteiger charge is -2.50. The summed E-state index contributed by atoms with van der Waals surface area (Å²) in [6.07, 6.45) is -0.700. The van der Waals surface area contributed by atoms with Gasteiger partial charge in [-0.15, -0.1) is 0 Å². The zero-order valence-corrected chi connectivity index (χ0v) is 16.7. The van der Waals surface area contributed by atoms with Gasteiger partial charge in [0.05, 0.1) is 6.61 Å². The van der Waals surface area contributed by atoms with E-state index in [9.17, 15) is 9.59 Å². The van der Waals surface area contributed by atoms with Crippen molar-refractivity contribution < 1.29 is 23.9 Å². The highest BCUT2D eigenvalue weighted by atomic mass is 16.6. The van der Waals surface area contributed by atoms with Gasteiger partial charge in [0.15, 0.2) is 0 Å². The van der Waals surface area contributed by atoms with E-state index in [1.165, 1.54) is 0 Å². The molecule has 0 saturated carbocycles. The molecule has 8 heteroatoms. The lowest BCUT2D eigenvalue weighted by atomic mass is 9.72. The molecule has 2 aliphatic rings. The third-order valence-corrected chi connectivity index (χ3v) is 5.24. The van der Waals surface area contributed by atoms with Crippen LogP contribution in [0.4, 0.5) is 9.59 Å². The highest BCUT2D eigenvalue weighted by Crippen LogP contribution is 2.44. The van der Waals surface area contributed by atoms with Crippen molar-refractivity contribution in [1.82, 2.24) is 9.80 Å². The van der Waals surface area contributed by atoms with Crippen molar-refractivity contribution in [3.8, 4) is 0 Å². The highest BCUT2D eigenvalue weighted by Gasteiger charge is 2.57. The van der Waals surface area contributed by atoms with Crippen molar-refractivity contribution in [2.75, 3.05) is 32.8 Å². The number of benzene rings is 1. The largest absolute Gasteiger partial charge is 0.445 e. The number of hydrogen-bond acceptors (Lipinski definition) is 6. The molecule has 1 spiro atoms. The average Bonchev–Trinajstić information content (AvgIpc) is 2.98. The van der Waals surface area contributed by atoms with Gasteiger partial charge in [-0.25, -0.2) is 15.5 Å². The van der Waals surface area contributed by atoms with Gasteiger partial charge in [0.1, 0.15) is 12.2 Å². The molecule has 2 amide bonds. The molecule has 2 fully saturated rings. The smallest absolute Gasteiger partial charge is 0.410 e. The minimum absolute atomic E-state index is 0.0421. The molecule has 0 aromatic heterocycles. The van der Waals surface area contributed by atoms with Gasteiger partial charge >= 0.3 is 12.2 Å². The topological polar surface area (TPSA) is 94.3 Å². The van der Waals surface area contributed by atoms with Crippen LogP contribution in [0.2, 0.25) is 0 Å². The van der Waals surface area contributed by atoms with E-state index in [2.05, 4.69) is 0 Å². The molecular formula is C20H29N3O5. The van der Waals surface area contributed by atoms with Gasteiger partial charge in [-0.2, -0.15) is 0 Å². The van der Waals surface area contributed by atoms with Gasteiger partial charge in [-0.05, 0) is 26.3 Å². The second-order valence-corrected chi connectivity index (χ2v) is 8.65. The second kappa shape index (κ2) is 7.97. The number of amides is 2. The monoisotopic (exact) mass is 391 g/mol. The summed E-state index contributed by atoms with van der Waals surface area (Å²) >= 11 is 0. The van der Waals surface area contributed by atoms with E-state index in [0.29, 0.717) is 32.8 Å². The molecule has 2 N–H and O–H groups in total. The van der Waals surface area contributed by atoms with E-state index in [4.69, 9.17) is 20.2 Å². The first-order chi connectivity index (χ1) is 13.2. The Bertz CT molecular complexity index is 698. The van der Waals surface area contributed by atoms with Crippen LogP contribution in [0.3, 0.4) is 0 Å². The minimum Gasteiger partial charge on any atom is -0.445 e. The normalized spacial score (nSPS) is 20.8. The van der Waals surface area contributed by atoms with Crippen molar-refractivity contribution in [2.24, 2.45) is 17.2 Å². The maximum Gasteiger partial charge on any atom is 0.410 e. The van der Waals surface area contributed by atoms with Crippen molar-refractivity contribution in [3.63, 3.8) is 0 Å². The fraction of sp³-hybridized carbons (Fsp3) is 0.600. The number of carbonyl (C=O) groups excluding carboxylic acids is 2. The van der Waals surface area contributed by atoms with Gasteiger partial charge < -0.3 is 24.1 Å². The predicted octanol–water partition coefficient (Wildman–Crippen LogP) is 2.38. The molecule has 2 heterocycles. The van der Waals surface area contributed by atoms with Gasteiger partial charge in [0, 0.05) is 37.5 Å². The van der Waals surface area contributed by atoms with E-state index in [-0.39, 0.29) is 30.1 Å². The maximum atomic E-state index is 12.5. The first-order valence-electron chi connectivity index (χ1n) is 9.48. The minimum atomic E-state index is -0.539. The molecule has 0 aliphatic carbocycles. The Hall–Kier alpha value is -2.32. The highest BCUT2D eigenvalue weighted by molar-refractivity contribution is 5.71. The lowest BCUT2D eigenvalue weighted by Crippen LogP contribution is -2.63. The third kappa shape index (κ3) is 4.56. The van der Waals surface area contributed by atoms with Crippen LogP contribution in [0.5, 0.6) is 0 Å². The predicted molar refractivity (Wildman–Crippen MR) is 102 cm³/mol. The van der Waals surface area contributed by atoms with E-state index >= 15 is 0 Å². The fourth-order valence-corrected chi connectivity index (χ4v) is 3.86. The third-order valence-electron chi connectivity index (χ3n) is 5.24. The molecule has 154 valence electrons. The van der Waals surface area contributed by atoms with E-state index < -0.39 is 5.60 Å². The van der Waals surface area contributed by atoms with Crippen LogP contribution >= 0.6 is 0 Å². The van der Waals surface area contributed by atoms with Gasteiger partial charge in [-0.1, -0.05) is 30.3 Å². The van der Waals surface area contributed by atoms with Crippen LogP contribution in [0, 0.1) is 11.3 Å². The summed E-state index contributed by atoms with van der Waals surface area (Å²) in [5.74, 6) is 5.34. The molecule has 1 atom stereocenters. The van der Waals surface area contributed by atoms with Crippen LogP contribution in [-0.4, -0.2) is 60.4 Å². The van der Waals surface area contributed by atoms with Crippen LogP contribution in [0.25, 0.3) is 0 Å². The Labute approximate surface area is 165 Å². The summed E-state index contributed by atoms with van der Waals surface area (Å²) in [5.41, 5.74) is 0.163. The first kappa shape index (κ1) is 20.4. The van der Waals surface area contributed by atoms with Crippen molar-refractivity contribution in [2.45, 2.75) is 33.0 Å². The molecule has 3 rings (SSSR count). The zero-order chi connectivity index (χ0) is 20.4. The standard InChI is InChI=1S/C20H29N3O5/c1-19(2,3)28-18(25)23-13-20(14-23)12-22(9-16(20)11-27-21)17(24)26-10-15-7-5-4-6-8-15/h4-8,16H,9-14,21H2,1-3H3. The van der Waals surface area contributed by atoms with Gasteiger partial charge in [-0.3, -0.25) is 0 Å². The fourth-order valence-electron chi connectivity index (χ4n) is 3.86. The van der Waals surface area contributed by atoms with E-state index in [1.54, 1.807) is 9.80 Å². The number of likely N-dealkylation sites (tertiary alicyclic amines) is 2. The number of rotatable bonds is 4. The Morgan fingerprint density at radius 1 is 1.11 bits per heavy atom.